The molecule has 0 atom stereocenters. The standard InChI is InChI=1S/C23H18ClFN4O4/c24-16-6-4-7-17(12-16)27-21(30)14-33-18-8-3-5-15(11-18)13-26-29-23(32)22(31)28-20-10-2-1-9-19(20)25/h1-13H,14H2,(H,27,30)(H,28,31)(H,29,32)/b26-13-. The maximum absolute atomic E-state index is 13.5. The van der Waals surface area contributed by atoms with Gasteiger partial charge < -0.3 is 15.4 Å². The van der Waals surface area contributed by atoms with E-state index in [2.05, 4.69) is 21.2 Å². The lowest BCUT2D eigenvalue weighted by molar-refractivity contribution is -0.136. The summed E-state index contributed by atoms with van der Waals surface area (Å²) in [5.41, 5.74) is 3.02. The number of nitrogens with zero attached hydrogens (tertiary/aromatic N) is 1. The van der Waals surface area contributed by atoms with E-state index in [1.54, 1.807) is 48.5 Å². The van der Waals surface area contributed by atoms with Crippen molar-refractivity contribution in [1.29, 1.82) is 0 Å². The lowest BCUT2D eigenvalue weighted by Gasteiger charge is -2.08. The number of benzene rings is 3. The van der Waals surface area contributed by atoms with Gasteiger partial charge in [-0.25, -0.2) is 9.82 Å². The number of anilines is 2. The minimum Gasteiger partial charge on any atom is -0.484 e. The third-order valence-corrected chi connectivity index (χ3v) is 4.28. The fourth-order valence-electron chi connectivity index (χ4n) is 2.55. The predicted octanol–water partition coefficient (Wildman–Crippen LogP) is 3.59. The van der Waals surface area contributed by atoms with Crippen molar-refractivity contribution in [3.63, 3.8) is 0 Å². The molecule has 33 heavy (non-hydrogen) atoms. The summed E-state index contributed by atoms with van der Waals surface area (Å²) in [5.74, 6) is -2.78. The summed E-state index contributed by atoms with van der Waals surface area (Å²) in [7, 11) is 0. The Kier molecular flexibility index (Phi) is 8.09. The number of carbonyl (C=O) groups excluding carboxylic acids is 3. The molecule has 10 heteroatoms. The van der Waals surface area contributed by atoms with Crippen LogP contribution in [0.15, 0.2) is 77.9 Å². The molecule has 0 radical (unpaired) electrons. The quantitative estimate of drug-likeness (QED) is 0.280. The summed E-state index contributed by atoms with van der Waals surface area (Å²) in [6.07, 6.45) is 1.28. The van der Waals surface area contributed by atoms with Crippen molar-refractivity contribution >= 4 is 46.9 Å². The summed E-state index contributed by atoms with van der Waals surface area (Å²) in [6.45, 7) is -0.236. The summed E-state index contributed by atoms with van der Waals surface area (Å²) < 4.78 is 19.0. The number of rotatable bonds is 7. The fraction of sp³-hybridized carbons (Fsp3) is 0.0435. The van der Waals surface area contributed by atoms with Crippen LogP contribution in [-0.4, -0.2) is 30.5 Å². The molecule has 3 N–H and O–H groups in total. The van der Waals surface area contributed by atoms with Crippen LogP contribution in [0, 0.1) is 5.82 Å². The Morgan fingerprint density at radius 1 is 0.939 bits per heavy atom. The van der Waals surface area contributed by atoms with Crippen molar-refractivity contribution in [2.24, 2.45) is 5.10 Å². The molecule has 0 bridgehead atoms. The fourth-order valence-corrected chi connectivity index (χ4v) is 2.74. The molecule has 0 spiro atoms. The number of hydrogen-bond donors (Lipinski definition) is 3. The number of para-hydroxylation sites is 1. The molecular formula is C23H18ClFN4O4. The smallest absolute Gasteiger partial charge is 0.329 e. The van der Waals surface area contributed by atoms with Crippen LogP contribution in [0.4, 0.5) is 15.8 Å². The zero-order valence-corrected chi connectivity index (χ0v) is 17.8. The molecule has 0 heterocycles. The first-order chi connectivity index (χ1) is 15.9. The lowest BCUT2D eigenvalue weighted by Crippen LogP contribution is -2.32. The van der Waals surface area contributed by atoms with Crippen LogP contribution < -0.4 is 20.8 Å². The third kappa shape index (κ3) is 7.44. The molecule has 0 aliphatic rings. The molecule has 0 unspecified atom stereocenters. The Balaban J connectivity index is 1.48. The summed E-state index contributed by atoms with van der Waals surface area (Å²) >= 11 is 5.88. The highest BCUT2D eigenvalue weighted by Gasteiger charge is 2.14. The number of amides is 3. The monoisotopic (exact) mass is 468 g/mol. The first-order valence-corrected chi connectivity index (χ1v) is 9.96. The largest absolute Gasteiger partial charge is 0.484 e. The first kappa shape index (κ1) is 23.4. The molecule has 0 saturated heterocycles. The highest BCUT2D eigenvalue weighted by Crippen LogP contribution is 2.16. The van der Waals surface area contributed by atoms with Gasteiger partial charge >= 0.3 is 11.8 Å². The van der Waals surface area contributed by atoms with Crippen molar-refractivity contribution in [2.45, 2.75) is 0 Å². The molecule has 3 aromatic carbocycles. The number of halogens is 2. The molecule has 3 amide bonds. The molecule has 0 aromatic heterocycles. The summed E-state index contributed by atoms with van der Waals surface area (Å²) in [4.78, 5) is 35.7. The molecule has 0 fully saturated rings. The average Bonchev–Trinajstić information content (AvgIpc) is 2.79. The van der Waals surface area contributed by atoms with Crippen molar-refractivity contribution in [3.8, 4) is 5.75 Å². The molecule has 8 nitrogen and oxygen atoms in total. The molecule has 3 rings (SSSR count). The van der Waals surface area contributed by atoms with Gasteiger partial charge in [0, 0.05) is 10.7 Å². The van der Waals surface area contributed by atoms with Crippen molar-refractivity contribution in [1.82, 2.24) is 5.43 Å². The average molecular weight is 469 g/mol. The Labute approximate surface area is 193 Å². The van der Waals surface area contributed by atoms with E-state index in [4.69, 9.17) is 16.3 Å². The second kappa shape index (κ2) is 11.4. The third-order valence-electron chi connectivity index (χ3n) is 4.04. The van der Waals surface area contributed by atoms with Gasteiger partial charge in [-0.1, -0.05) is 41.9 Å². The molecular weight excluding hydrogens is 451 g/mol. The molecule has 168 valence electrons. The number of hydrogen-bond acceptors (Lipinski definition) is 5. The Hall–Kier alpha value is -4.24. The van der Waals surface area contributed by atoms with E-state index in [0.717, 1.165) is 6.07 Å². The highest BCUT2D eigenvalue weighted by molar-refractivity contribution is 6.39. The van der Waals surface area contributed by atoms with E-state index in [1.807, 2.05) is 0 Å². The van der Waals surface area contributed by atoms with Crippen molar-refractivity contribution in [2.75, 3.05) is 17.2 Å². The number of hydrazone groups is 1. The van der Waals surface area contributed by atoms with Gasteiger partial charge in [-0.05, 0) is 48.0 Å². The highest BCUT2D eigenvalue weighted by atomic mass is 35.5. The van der Waals surface area contributed by atoms with Crippen LogP contribution in [0.5, 0.6) is 5.75 Å². The van der Waals surface area contributed by atoms with E-state index >= 15 is 0 Å². The van der Waals surface area contributed by atoms with E-state index < -0.39 is 17.6 Å². The van der Waals surface area contributed by atoms with Gasteiger partial charge in [-0.3, -0.25) is 14.4 Å². The van der Waals surface area contributed by atoms with Gasteiger partial charge in [0.1, 0.15) is 11.6 Å². The van der Waals surface area contributed by atoms with E-state index in [9.17, 15) is 18.8 Å². The maximum Gasteiger partial charge on any atom is 0.329 e. The summed E-state index contributed by atoms with van der Waals surface area (Å²) in [6, 6.07) is 18.7. The predicted molar refractivity (Wildman–Crippen MR) is 123 cm³/mol. The van der Waals surface area contributed by atoms with Gasteiger partial charge in [0.15, 0.2) is 6.61 Å². The van der Waals surface area contributed by atoms with Crippen LogP contribution in [-0.2, 0) is 14.4 Å². The number of nitrogens with one attached hydrogen (secondary N) is 3. The number of carbonyl (C=O) groups is 3. The first-order valence-electron chi connectivity index (χ1n) is 9.58. The minimum atomic E-state index is -1.07. The number of ether oxygens (including phenoxy) is 1. The van der Waals surface area contributed by atoms with Gasteiger partial charge in [0.05, 0.1) is 11.9 Å². The van der Waals surface area contributed by atoms with Crippen molar-refractivity contribution < 1.29 is 23.5 Å². The van der Waals surface area contributed by atoms with E-state index in [-0.39, 0.29) is 18.2 Å². The van der Waals surface area contributed by atoms with Crippen LogP contribution in [0.25, 0.3) is 0 Å². The molecule has 0 saturated carbocycles. The lowest BCUT2D eigenvalue weighted by atomic mass is 10.2. The second-order valence-corrected chi connectivity index (χ2v) is 6.99. The van der Waals surface area contributed by atoms with Crippen LogP contribution in [0.1, 0.15) is 5.56 Å². The maximum atomic E-state index is 13.5. The Morgan fingerprint density at radius 2 is 1.73 bits per heavy atom. The SMILES string of the molecule is O=C(COc1cccc(/C=N\NC(=O)C(=O)Nc2ccccc2F)c1)Nc1cccc(Cl)c1. The van der Waals surface area contributed by atoms with Crippen LogP contribution in [0.3, 0.4) is 0 Å². The van der Waals surface area contributed by atoms with Gasteiger partial charge in [-0.2, -0.15) is 5.10 Å². The van der Waals surface area contributed by atoms with Gasteiger partial charge in [0.2, 0.25) is 0 Å². The van der Waals surface area contributed by atoms with E-state index in [1.165, 1.54) is 24.4 Å². The normalized spacial score (nSPS) is 10.5. The molecule has 0 aliphatic carbocycles. The zero-order chi connectivity index (χ0) is 23.6. The van der Waals surface area contributed by atoms with Gasteiger partial charge in [0.25, 0.3) is 5.91 Å². The van der Waals surface area contributed by atoms with Crippen molar-refractivity contribution in [3.05, 3.63) is 89.2 Å². The van der Waals surface area contributed by atoms with Crippen LogP contribution in [0.2, 0.25) is 5.02 Å². The Morgan fingerprint density at radius 3 is 2.52 bits per heavy atom. The molecule has 0 aliphatic heterocycles. The minimum absolute atomic E-state index is 0.120. The van der Waals surface area contributed by atoms with Gasteiger partial charge in [-0.15, -0.1) is 0 Å². The van der Waals surface area contributed by atoms with Crippen LogP contribution >= 0.6 is 11.6 Å². The Bertz CT molecular complexity index is 1200. The van der Waals surface area contributed by atoms with E-state index in [0.29, 0.717) is 22.0 Å². The second-order valence-electron chi connectivity index (χ2n) is 6.55. The summed E-state index contributed by atoms with van der Waals surface area (Å²) in [5, 5.41) is 9.01. The molecule has 3 aromatic rings. The zero-order valence-electron chi connectivity index (χ0n) is 17.0. The topological polar surface area (TPSA) is 109 Å².